The van der Waals surface area contributed by atoms with Gasteiger partial charge in [-0.1, -0.05) is 31.2 Å². The first-order valence-corrected chi connectivity index (χ1v) is 9.91. The number of nitrogens with one attached hydrogen (secondary N) is 3. The van der Waals surface area contributed by atoms with E-state index < -0.39 is 15.9 Å². The molecule has 2 amide bonds. The maximum absolute atomic E-state index is 12.2. The van der Waals surface area contributed by atoms with Gasteiger partial charge in [-0.3, -0.25) is 14.3 Å². The molecule has 0 spiro atoms. The summed E-state index contributed by atoms with van der Waals surface area (Å²) in [5.41, 5.74) is 2.25. The maximum Gasteiger partial charge on any atom is 0.251 e. The molecule has 2 rings (SSSR count). The summed E-state index contributed by atoms with van der Waals surface area (Å²) >= 11 is 0. The summed E-state index contributed by atoms with van der Waals surface area (Å²) < 4.78 is 24.8. The van der Waals surface area contributed by atoms with Crippen molar-refractivity contribution in [3.63, 3.8) is 0 Å². The second-order valence-electron chi connectivity index (χ2n) is 5.70. The molecule has 2 aromatic carbocycles. The summed E-state index contributed by atoms with van der Waals surface area (Å²) in [6.07, 6.45) is 1.81. The topological polar surface area (TPSA) is 104 Å². The molecule has 138 valence electrons. The van der Waals surface area contributed by atoms with Gasteiger partial charge >= 0.3 is 0 Å². The Balaban J connectivity index is 1.96. The van der Waals surface area contributed by atoms with E-state index in [1.165, 1.54) is 18.2 Å². The largest absolute Gasteiger partial charge is 0.343 e. The van der Waals surface area contributed by atoms with Crippen LogP contribution in [0.15, 0.2) is 48.5 Å². The van der Waals surface area contributed by atoms with E-state index in [1.54, 1.807) is 12.1 Å². The number of para-hydroxylation sites is 1. The zero-order chi connectivity index (χ0) is 19.2. The molecule has 3 N–H and O–H groups in total. The highest BCUT2D eigenvalue weighted by atomic mass is 32.2. The van der Waals surface area contributed by atoms with Crippen molar-refractivity contribution in [3.05, 3.63) is 59.7 Å². The molecule has 0 aliphatic carbocycles. The Morgan fingerprint density at radius 3 is 2.46 bits per heavy atom. The number of sulfonamides is 1. The molecule has 0 saturated carbocycles. The molecule has 0 aromatic heterocycles. The Kier molecular flexibility index (Phi) is 6.35. The van der Waals surface area contributed by atoms with E-state index in [9.17, 15) is 18.0 Å². The quantitative estimate of drug-likeness (QED) is 0.688. The van der Waals surface area contributed by atoms with E-state index in [1.807, 2.05) is 25.1 Å². The predicted octanol–water partition coefficient (Wildman–Crippen LogP) is 1.99. The van der Waals surface area contributed by atoms with Crippen LogP contribution in [-0.2, 0) is 21.2 Å². The highest BCUT2D eigenvalue weighted by Crippen LogP contribution is 2.15. The fourth-order valence-electron chi connectivity index (χ4n) is 2.35. The van der Waals surface area contributed by atoms with Gasteiger partial charge < -0.3 is 10.6 Å². The van der Waals surface area contributed by atoms with Crippen LogP contribution in [0.5, 0.6) is 0 Å². The van der Waals surface area contributed by atoms with Crippen molar-refractivity contribution in [3.8, 4) is 0 Å². The normalized spacial score (nSPS) is 10.8. The Labute approximate surface area is 152 Å². The van der Waals surface area contributed by atoms with Crippen molar-refractivity contribution in [1.82, 2.24) is 5.32 Å². The number of hydrogen-bond donors (Lipinski definition) is 3. The lowest BCUT2D eigenvalue weighted by molar-refractivity contribution is -0.115. The summed E-state index contributed by atoms with van der Waals surface area (Å²) in [5.74, 6) is -0.814. The minimum Gasteiger partial charge on any atom is -0.343 e. The molecule has 0 heterocycles. The zero-order valence-electron chi connectivity index (χ0n) is 14.6. The van der Waals surface area contributed by atoms with E-state index in [-0.39, 0.29) is 23.7 Å². The van der Waals surface area contributed by atoms with E-state index in [2.05, 4.69) is 15.4 Å². The second kappa shape index (κ2) is 8.48. The van der Waals surface area contributed by atoms with Crippen LogP contribution in [-0.4, -0.2) is 33.0 Å². The van der Waals surface area contributed by atoms with Gasteiger partial charge in [0.2, 0.25) is 15.9 Å². The molecule has 26 heavy (non-hydrogen) atoms. The number of aryl methyl sites for hydroxylation is 1. The van der Waals surface area contributed by atoms with Crippen molar-refractivity contribution < 1.29 is 18.0 Å². The van der Waals surface area contributed by atoms with Gasteiger partial charge in [0.05, 0.1) is 12.8 Å². The average molecular weight is 375 g/mol. The Morgan fingerprint density at radius 1 is 1.04 bits per heavy atom. The van der Waals surface area contributed by atoms with Crippen LogP contribution in [0.2, 0.25) is 0 Å². The van der Waals surface area contributed by atoms with Crippen LogP contribution in [0, 0.1) is 0 Å². The third kappa shape index (κ3) is 5.89. The Bertz CT molecular complexity index is 910. The van der Waals surface area contributed by atoms with E-state index >= 15 is 0 Å². The lowest BCUT2D eigenvalue weighted by atomic mass is 10.1. The van der Waals surface area contributed by atoms with Gasteiger partial charge in [0.15, 0.2) is 0 Å². The standard InChI is InChI=1S/C18H21N3O4S/c1-3-13-7-4-5-10-16(13)20-17(22)12-19-18(23)14-8-6-9-15(11-14)21-26(2,24)25/h4-11,21H,3,12H2,1-2H3,(H,19,23)(H,20,22). The van der Waals surface area contributed by atoms with Crippen molar-refractivity contribution in [2.24, 2.45) is 0 Å². The van der Waals surface area contributed by atoms with Crippen LogP contribution in [0.4, 0.5) is 11.4 Å². The van der Waals surface area contributed by atoms with E-state index in [0.29, 0.717) is 5.69 Å². The number of rotatable bonds is 7. The summed E-state index contributed by atoms with van der Waals surface area (Å²) in [4.78, 5) is 24.2. The van der Waals surface area contributed by atoms with E-state index in [4.69, 9.17) is 0 Å². The van der Waals surface area contributed by atoms with E-state index in [0.717, 1.165) is 18.2 Å². The third-order valence-corrected chi connectivity index (χ3v) is 4.12. The molecular weight excluding hydrogens is 354 g/mol. The zero-order valence-corrected chi connectivity index (χ0v) is 15.4. The minimum atomic E-state index is -3.43. The molecule has 0 atom stereocenters. The van der Waals surface area contributed by atoms with Crippen molar-refractivity contribution in [1.29, 1.82) is 0 Å². The van der Waals surface area contributed by atoms with Gasteiger partial charge in [-0.05, 0) is 36.2 Å². The van der Waals surface area contributed by atoms with Gasteiger partial charge in [-0.15, -0.1) is 0 Å². The van der Waals surface area contributed by atoms with Crippen LogP contribution >= 0.6 is 0 Å². The van der Waals surface area contributed by atoms with Crippen LogP contribution in [0.1, 0.15) is 22.8 Å². The SMILES string of the molecule is CCc1ccccc1NC(=O)CNC(=O)c1cccc(NS(C)(=O)=O)c1. The molecule has 0 fully saturated rings. The predicted molar refractivity (Wildman–Crippen MR) is 102 cm³/mol. The average Bonchev–Trinajstić information content (AvgIpc) is 2.59. The number of amides is 2. The molecule has 8 heteroatoms. The number of benzene rings is 2. The van der Waals surface area contributed by atoms with Gasteiger partial charge in [0.1, 0.15) is 0 Å². The molecule has 0 aliphatic rings. The van der Waals surface area contributed by atoms with Gasteiger partial charge in [-0.2, -0.15) is 0 Å². The second-order valence-corrected chi connectivity index (χ2v) is 7.45. The van der Waals surface area contributed by atoms with Crippen molar-refractivity contribution in [2.75, 3.05) is 22.8 Å². The summed E-state index contributed by atoms with van der Waals surface area (Å²) in [5, 5.41) is 5.28. The van der Waals surface area contributed by atoms with Crippen molar-refractivity contribution in [2.45, 2.75) is 13.3 Å². The molecule has 2 aromatic rings. The molecule has 0 aliphatic heterocycles. The fraction of sp³-hybridized carbons (Fsp3) is 0.222. The van der Waals surface area contributed by atoms with Crippen LogP contribution in [0.3, 0.4) is 0 Å². The summed E-state index contributed by atoms with van der Waals surface area (Å²) in [6.45, 7) is 1.80. The first-order valence-electron chi connectivity index (χ1n) is 8.02. The maximum atomic E-state index is 12.2. The molecule has 0 unspecified atom stereocenters. The lowest BCUT2D eigenvalue weighted by Crippen LogP contribution is -2.33. The van der Waals surface area contributed by atoms with Crippen LogP contribution in [0.25, 0.3) is 0 Å². The number of hydrogen-bond acceptors (Lipinski definition) is 4. The van der Waals surface area contributed by atoms with Gasteiger partial charge in [0.25, 0.3) is 5.91 Å². The van der Waals surface area contributed by atoms with Crippen LogP contribution < -0.4 is 15.4 Å². The molecule has 0 saturated heterocycles. The van der Waals surface area contributed by atoms with Crippen molar-refractivity contribution >= 4 is 33.2 Å². The monoisotopic (exact) mass is 375 g/mol. The highest BCUT2D eigenvalue weighted by Gasteiger charge is 2.11. The first kappa shape index (κ1) is 19.5. The van der Waals surface area contributed by atoms with Gasteiger partial charge in [-0.25, -0.2) is 8.42 Å². The number of anilines is 2. The number of carbonyl (C=O) groups excluding carboxylic acids is 2. The first-order chi connectivity index (χ1) is 12.3. The Morgan fingerprint density at radius 2 is 1.77 bits per heavy atom. The fourth-order valence-corrected chi connectivity index (χ4v) is 2.90. The minimum absolute atomic E-state index is 0.194. The lowest BCUT2D eigenvalue weighted by Gasteiger charge is -2.11. The third-order valence-electron chi connectivity index (χ3n) is 3.51. The summed E-state index contributed by atoms with van der Waals surface area (Å²) in [6, 6.07) is 13.5. The molecule has 0 radical (unpaired) electrons. The molecule has 7 nitrogen and oxygen atoms in total. The molecular formula is C18H21N3O4S. The number of carbonyl (C=O) groups is 2. The summed E-state index contributed by atoms with van der Waals surface area (Å²) in [7, 11) is -3.43. The Hall–Kier alpha value is -2.87. The molecule has 0 bridgehead atoms. The van der Waals surface area contributed by atoms with Gasteiger partial charge in [0, 0.05) is 16.9 Å². The smallest absolute Gasteiger partial charge is 0.251 e. The highest BCUT2D eigenvalue weighted by molar-refractivity contribution is 7.92.